The number of benzene rings is 1. The quantitative estimate of drug-likeness (QED) is 0.878. The summed E-state index contributed by atoms with van der Waals surface area (Å²) in [5.41, 5.74) is 7.93. The lowest BCUT2D eigenvalue weighted by atomic mass is 10.1. The third kappa shape index (κ3) is 2.76. The molecule has 0 bridgehead atoms. The Labute approximate surface area is 111 Å². The van der Waals surface area contributed by atoms with Crippen molar-refractivity contribution in [2.24, 2.45) is 0 Å². The zero-order valence-electron chi connectivity index (χ0n) is 10.6. The van der Waals surface area contributed by atoms with Crippen LogP contribution in [0.15, 0.2) is 30.5 Å². The van der Waals surface area contributed by atoms with Gasteiger partial charge in [-0.05, 0) is 42.7 Å². The molecular formula is C14H16N4O. The first kappa shape index (κ1) is 11.8. The van der Waals surface area contributed by atoms with E-state index < -0.39 is 0 Å². The maximum atomic E-state index is 5.62. The molecule has 3 rings (SSSR count). The van der Waals surface area contributed by atoms with E-state index >= 15 is 0 Å². The molecule has 0 aliphatic carbocycles. The number of nitrogen functional groups attached to an aromatic ring is 1. The second-order valence-corrected chi connectivity index (χ2v) is 4.53. The Morgan fingerprint density at radius 2 is 2.26 bits per heavy atom. The van der Waals surface area contributed by atoms with Crippen LogP contribution in [0, 0.1) is 0 Å². The highest BCUT2D eigenvalue weighted by Gasteiger charge is 2.10. The van der Waals surface area contributed by atoms with Crippen LogP contribution in [0.3, 0.4) is 0 Å². The lowest BCUT2D eigenvalue weighted by molar-refractivity contribution is 0.288. The molecule has 0 saturated carbocycles. The predicted molar refractivity (Wildman–Crippen MR) is 74.0 cm³/mol. The largest absolute Gasteiger partial charge is 0.493 e. The number of rotatable bonds is 3. The van der Waals surface area contributed by atoms with E-state index in [-0.39, 0.29) is 0 Å². The number of ether oxygens (including phenoxy) is 1. The van der Waals surface area contributed by atoms with E-state index in [0.717, 1.165) is 30.9 Å². The molecule has 1 aromatic carbocycles. The number of nitrogens with zero attached hydrogens (tertiary/aromatic N) is 2. The topological polar surface area (TPSA) is 73.1 Å². The summed E-state index contributed by atoms with van der Waals surface area (Å²) in [5, 5.41) is 3.30. The molecule has 5 heteroatoms. The molecule has 2 heterocycles. The number of hydrogen-bond donors (Lipinski definition) is 2. The van der Waals surface area contributed by atoms with Crippen molar-refractivity contribution in [3.8, 4) is 5.75 Å². The standard InChI is InChI=1S/C14H16N4O/c15-13-5-6-16-14(18-13)9-17-11-3-4-12-10(8-11)2-1-7-19-12/h3-6,8,17H,1-2,7,9H2,(H2,15,16,18). The average molecular weight is 256 g/mol. The van der Waals surface area contributed by atoms with Gasteiger partial charge in [0, 0.05) is 11.9 Å². The zero-order chi connectivity index (χ0) is 13.1. The SMILES string of the molecule is Nc1ccnc(CNc2ccc3c(c2)CCCO3)n1. The third-order valence-electron chi connectivity index (χ3n) is 3.09. The van der Waals surface area contributed by atoms with Gasteiger partial charge in [0.2, 0.25) is 0 Å². The maximum absolute atomic E-state index is 5.62. The van der Waals surface area contributed by atoms with E-state index in [4.69, 9.17) is 10.5 Å². The summed E-state index contributed by atoms with van der Waals surface area (Å²) in [6, 6.07) is 7.83. The summed E-state index contributed by atoms with van der Waals surface area (Å²) in [6.07, 6.45) is 3.81. The molecule has 0 radical (unpaired) electrons. The monoisotopic (exact) mass is 256 g/mol. The van der Waals surface area contributed by atoms with Crippen LogP contribution in [0.4, 0.5) is 11.5 Å². The van der Waals surface area contributed by atoms with Crippen molar-refractivity contribution in [1.29, 1.82) is 0 Å². The fourth-order valence-electron chi connectivity index (χ4n) is 2.15. The molecule has 0 unspecified atom stereocenters. The Bertz CT molecular complexity index is 585. The van der Waals surface area contributed by atoms with Gasteiger partial charge in [-0.2, -0.15) is 0 Å². The molecule has 0 spiro atoms. The van der Waals surface area contributed by atoms with E-state index in [1.807, 2.05) is 12.1 Å². The normalized spacial score (nSPS) is 13.5. The van der Waals surface area contributed by atoms with E-state index in [1.165, 1.54) is 5.56 Å². The van der Waals surface area contributed by atoms with Crippen LogP contribution in [0.2, 0.25) is 0 Å². The lowest BCUT2D eigenvalue weighted by Gasteiger charge is -2.18. The van der Waals surface area contributed by atoms with Crippen LogP contribution in [0.5, 0.6) is 5.75 Å². The van der Waals surface area contributed by atoms with Crippen molar-refractivity contribution >= 4 is 11.5 Å². The van der Waals surface area contributed by atoms with Crippen molar-refractivity contribution in [3.63, 3.8) is 0 Å². The van der Waals surface area contributed by atoms with Crippen molar-refractivity contribution in [2.75, 3.05) is 17.7 Å². The number of fused-ring (bicyclic) bond motifs is 1. The summed E-state index contributed by atoms with van der Waals surface area (Å²) in [6.45, 7) is 1.38. The minimum Gasteiger partial charge on any atom is -0.493 e. The van der Waals surface area contributed by atoms with Gasteiger partial charge in [0.05, 0.1) is 13.2 Å². The Balaban J connectivity index is 1.70. The number of aryl methyl sites for hydroxylation is 1. The van der Waals surface area contributed by atoms with Gasteiger partial charge in [-0.15, -0.1) is 0 Å². The highest BCUT2D eigenvalue weighted by molar-refractivity contribution is 5.51. The number of nitrogens with two attached hydrogens (primary N) is 1. The highest BCUT2D eigenvalue weighted by atomic mass is 16.5. The van der Waals surface area contributed by atoms with E-state index in [2.05, 4.69) is 21.4 Å². The molecule has 0 fully saturated rings. The third-order valence-corrected chi connectivity index (χ3v) is 3.09. The van der Waals surface area contributed by atoms with Gasteiger partial charge in [0.1, 0.15) is 17.4 Å². The summed E-state index contributed by atoms with van der Waals surface area (Å²) in [5.74, 6) is 2.18. The first-order chi connectivity index (χ1) is 9.31. The molecular weight excluding hydrogens is 240 g/mol. The Hall–Kier alpha value is -2.30. The van der Waals surface area contributed by atoms with Gasteiger partial charge in [-0.25, -0.2) is 9.97 Å². The van der Waals surface area contributed by atoms with Crippen molar-refractivity contribution in [3.05, 3.63) is 41.9 Å². The summed E-state index contributed by atoms with van der Waals surface area (Å²) >= 11 is 0. The molecule has 0 saturated heterocycles. The van der Waals surface area contributed by atoms with Crippen LogP contribution in [-0.4, -0.2) is 16.6 Å². The van der Waals surface area contributed by atoms with Gasteiger partial charge in [-0.3, -0.25) is 0 Å². The Morgan fingerprint density at radius 3 is 3.16 bits per heavy atom. The highest BCUT2D eigenvalue weighted by Crippen LogP contribution is 2.27. The van der Waals surface area contributed by atoms with Crippen molar-refractivity contribution in [2.45, 2.75) is 19.4 Å². The number of anilines is 2. The van der Waals surface area contributed by atoms with Crippen LogP contribution in [-0.2, 0) is 13.0 Å². The average Bonchev–Trinajstić information content (AvgIpc) is 2.45. The molecule has 0 atom stereocenters. The number of aromatic nitrogens is 2. The second kappa shape index (κ2) is 5.14. The maximum Gasteiger partial charge on any atom is 0.149 e. The Kier molecular flexibility index (Phi) is 3.18. The summed E-state index contributed by atoms with van der Waals surface area (Å²) in [7, 11) is 0. The van der Waals surface area contributed by atoms with Gasteiger partial charge >= 0.3 is 0 Å². The van der Waals surface area contributed by atoms with Crippen LogP contribution in [0.25, 0.3) is 0 Å². The molecule has 1 aliphatic rings. The van der Waals surface area contributed by atoms with E-state index in [1.54, 1.807) is 12.3 Å². The van der Waals surface area contributed by atoms with Crippen LogP contribution >= 0.6 is 0 Å². The Morgan fingerprint density at radius 1 is 1.32 bits per heavy atom. The van der Waals surface area contributed by atoms with E-state index in [0.29, 0.717) is 18.2 Å². The van der Waals surface area contributed by atoms with Crippen molar-refractivity contribution in [1.82, 2.24) is 9.97 Å². The van der Waals surface area contributed by atoms with Gasteiger partial charge in [0.15, 0.2) is 0 Å². The summed E-state index contributed by atoms with van der Waals surface area (Å²) in [4.78, 5) is 8.32. The van der Waals surface area contributed by atoms with Gasteiger partial charge in [-0.1, -0.05) is 0 Å². The first-order valence-corrected chi connectivity index (χ1v) is 6.38. The molecule has 98 valence electrons. The van der Waals surface area contributed by atoms with Crippen LogP contribution < -0.4 is 15.8 Å². The minimum atomic E-state index is 0.491. The first-order valence-electron chi connectivity index (χ1n) is 6.38. The zero-order valence-corrected chi connectivity index (χ0v) is 10.6. The molecule has 0 amide bonds. The van der Waals surface area contributed by atoms with Crippen LogP contribution in [0.1, 0.15) is 17.8 Å². The minimum absolute atomic E-state index is 0.491. The number of hydrogen-bond acceptors (Lipinski definition) is 5. The molecule has 1 aliphatic heterocycles. The molecule has 2 aromatic rings. The fourth-order valence-corrected chi connectivity index (χ4v) is 2.15. The second-order valence-electron chi connectivity index (χ2n) is 4.53. The summed E-state index contributed by atoms with van der Waals surface area (Å²) < 4.78 is 5.59. The smallest absolute Gasteiger partial charge is 0.149 e. The predicted octanol–water partition coefficient (Wildman–Crippen LogP) is 2.00. The number of nitrogens with one attached hydrogen (secondary N) is 1. The molecule has 1 aromatic heterocycles. The van der Waals surface area contributed by atoms with Gasteiger partial charge < -0.3 is 15.8 Å². The molecule has 3 N–H and O–H groups in total. The van der Waals surface area contributed by atoms with Crippen molar-refractivity contribution < 1.29 is 4.74 Å². The van der Waals surface area contributed by atoms with Gasteiger partial charge in [0.25, 0.3) is 0 Å². The lowest BCUT2D eigenvalue weighted by Crippen LogP contribution is -2.09. The van der Waals surface area contributed by atoms with E-state index in [9.17, 15) is 0 Å². The fraction of sp³-hybridized carbons (Fsp3) is 0.286. The molecule has 19 heavy (non-hydrogen) atoms. The molecule has 5 nitrogen and oxygen atoms in total.